The Morgan fingerprint density at radius 1 is 1.44 bits per heavy atom. The molecular weight excluding hydrogens is 257 g/mol. The Morgan fingerprint density at radius 2 is 2.17 bits per heavy atom. The third kappa shape index (κ3) is 3.07. The minimum Gasteiger partial charge on any atom is -0.390 e. The van der Waals surface area contributed by atoms with Gasteiger partial charge in [-0.05, 0) is 24.7 Å². The Hall–Kier alpha value is -0.980. The standard InChI is InChI=1S/C12H16FNO3S/c1-14(6-9-3-2-4-10(13)5-9)11-7-18(16,17)8-12(11)15/h2-5,11-12,15H,6-8H2,1H3. The summed E-state index contributed by atoms with van der Waals surface area (Å²) in [6, 6.07) is 5.73. The Kier molecular flexibility index (Phi) is 3.70. The maximum absolute atomic E-state index is 13.0. The smallest absolute Gasteiger partial charge is 0.154 e. The van der Waals surface area contributed by atoms with E-state index in [1.807, 2.05) is 0 Å². The third-order valence-electron chi connectivity index (χ3n) is 3.18. The van der Waals surface area contributed by atoms with Crippen molar-refractivity contribution in [1.82, 2.24) is 4.90 Å². The summed E-state index contributed by atoms with van der Waals surface area (Å²) in [6.45, 7) is 0.412. The van der Waals surface area contributed by atoms with Gasteiger partial charge in [0, 0.05) is 6.54 Å². The molecule has 1 heterocycles. The second-order valence-corrected chi connectivity index (χ2v) is 6.91. The Morgan fingerprint density at radius 3 is 2.72 bits per heavy atom. The highest BCUT2D eigenvalue weighted by molar-refractivity contribution is 7.91. The zero-order valence-electron chi connectivity index (χ0n) is 10.1. The van der Waals surface area contributed by atoms with E-state index in [2.05, 4.69) is 0 Å². The number of hydrogen-bond donors (Lipinski definition) is 1. The van der Waals surface area contributed by atoms with E-state index in [1.54, 1.807) is 24.1 Å². The maximum atomic E-state index is 13.0. The summed E-state index contributed by atoms with van der Waals surface area (Å²) in [5.74, 6) is -0.550. The number of rotatable bonds is 3. The molecule has 1 saturated heterocycles. The van der Waals surface area contributed by atoms with Crippen molar-refractivity contribution in [2.24, 2.45) is 0 Å². The van der Waals surface area contributed by atoms with Crippen molar-refractivity contribution in [2.75, 3.05) is 18.6 Å². The fraction of sp³-hybridized carbons (Fsp3) is 0.500. The van der Waals surface area contributed by atoms with Crippen LogP contribution in [0.5, 0.6) is 0 Å². The minimum atomic E-state index is -3.16. The van der Waals surface area contributed by atoms with E-state index in [0.717, 1.165) is 5.56 Å². The van der Waals surface area contributed by atoms with Gasteiger partial charge < -0.3 is 5.11 Å². The first-order valence-electron chi connectivity index (χ1n) is 5.70. The normalized spacial score (nSPS) is 26.7. The van der Waals surface area contributed by atoms with Gasteiger partial charge in [0.2, 0.25) is 0 Å². The summed E-state index contributed by atoms with van der Waals surface area (Å²) in [6.07, 6.45) is -0.867. The second-order valence-electron chi connectivity index (χ2n) is 4.76. The van der Waals surface area contributed by atoms with Crippen molar-refractivity contribution in [3.8, 4) is 0 Å². The van der Waals surface area contributed by atoms with Crippen LogP contribution in [0.4, 0.5) is 4.39 Å². The summed E-state index contributed by atoms with van der Waals surface area (Å²) in [4.78, 5) is 1.75. The lowest BCUT2D eigenvalue weighted by Crippen LogP contribution is -2.40. The van der Waals surface area contributed by atoms with Crippen LogP contribution in [-0.2, 0) is 16.4 Å². The van der Waals surface area contributed by atoms with Crippen LogP contribution in [0.2, 0.25) is 0 Å². The lowest BCUT2D eigenvalue weighted by Gasteiger charge is -2.25. The third-order valence-corrected chi connectivity index (χ3v) is 4.88. The molecule has 0 bridgehead atoms. The van der Waals surface area contributed by atoms with Crippen molar-refractivity contribution in [2.45, 2.75) is 18.7 Å². The predicted octanol–water partition coefficient (Wildman–Crippen LogP) is 0.415. The van der Waals surface area contributed by atoms with Crippen LogP contribution in [0, 0.1) is 5.82 Å². The Labute approximate surface area is 106 Å². The van der Waals surface area contributed by atoms with Gasteiger partial charge in [-0.1, -0.05) is 12.1 Å². The molecule has 1 aliphatic rings. The fourth-order valence-electron chi connectivity index (χ4n) is 2.27. The highest BCUT2D eigenvalue weighted by atomic mass is 32.2. The van der Waals surface area contributed by atoms with Gasteiger partial charge in [0.15, 0.2) is 9.84 Å². The van der Waals surface area contributed by atoms with Gasteiger partial charge in [0.25, 0.3) is 0 Å². The van der Waals surface area contributed by atoms with E-state index in [4.69, 9.17) is 0 Å². The van der Waals surface area contributed by atoms with Crippen LogP contribution in [-0.4, -0.2) is 49.1 Å². The van der Waals surface area contributed by atoms with Gasteiger partial charge in [-0.2, -0.15) is 0 Å². The molecule has 4 nitrogen and oxygen atoms in total. The number of benzene rings is 1. The number of likely N-dealkylation sites (N-methyl/N-ethyl adjacent to an activating group) is 1. The van der Waals surface area contributed by atoms with E-state index in [-0.39, 0.29) is 17.3 Å². The van der Waals surface area contributed by atoms with Gasteiger partial charge >= 0.3 is 0 Å². The molecule has 0 saturated carbocycles. The molecule has 0 radical (unpaired) electrons. The van der Waals surface area contributed by atoms with Crippen molar-refractivity contribution in [1.29, 1.82) is 0 Å². The number of sulfone groups is 1. The average Bonchev–Trinajstić information content (AvgIpc) is 2.52. The molecule has 1 aliphatic heterocycles. The molecule has 2 atom stereocenters. The summed E-state index contributed by atoms with van der Waals surface area (Å²) in [7, 11) is -1.42. The van der Waals surface area contributed by atoms with Crippen LogP contribution >= 0.6 is 0 Å². The molecule has 1 aromatic carbocycles. The first-order valence-corrected chi connectivity index (χ1v) is 7.53. The van der Waals surface area contributed by atoms with Gasteiger partial charge in [-0.3, -0.25) is 4.90 Å². The quantitative estimate of drug-likeness (QED) is 0.867. The molecule has 2 unspecified atom stereocenters. The Bertz CT molecular complexity index is 532. The van der Waals surface area contributed by atoms with Gasteiger partial charge in [0.05, 0.1) is 23.7 Å². The molecule has 1 N–H and O–H groups in total. The zero-order chi connectivity index (χ0) is 13.3. The molecule has 0 amide bonds. The average molecular weight is 273 g/mol. The zero-order valence-corrected chi connectivity index (χ0v) is 10.9. The van der Waals surface area contributed by atoms with E-state index in [9.17, 15) is 17.9 Å². The molecule has 0 spiro atoms. The topological polar surface area (TPSA) is 57.6 Å². The Balaban J connectivity index is 2.07. The molecule has 18 heavy (non-hydrogen) atoms. The van der Waals surface area contributed by atoms with Crippen LogP contribution in [0.25, 0.3) is 0 Å². The molecule has 2 rings (SSSR count). The van der Waals surface area contributed by atoms with Crippen molar-refractivity contribution < 1.29 is 17.9 Å². The number of halogens is 1. The van der Waals surface area contributed by atoms with E-state index in [0.29, 0.717) is 6.54 Å². The fourth-order valence-corrected chi connectivity index (χ4v) is 4.15. The largest absolute Gasteiger partial charge is 0.390 e. The summed E-state index contributed by atoms with van der Waals surface area (Å²) in [5.41, 5.74) is 0.758. The molecule has 1 fully saturated rings. The molecule has 6 heteroatoms. The van der Waals surface area contributed by atoms with Gasteiger partial charge in [0.1, 0.15) is 5.82 Å². The SMILES string of the molecule is CN(Cc1cccc(F)c1)C1CS(=O)(=O)CC1O. The summed E-state index contributed by atoms with van der Waals surface area (Å²) < 4.78 is 35.9. The van der Waals surface area contributed by atoms with E-state index < -0.39 is 22.0 Å². The first kappa shape index (κ1) is 13.5. The highest BCUT2D eigenvalue weighted by Crippen LogP contribution is 2.19. The molecule has 0 aromatic heterocycles. The van der Waals surface area contributed by atoms with Crippen molar-refractivity contribution >= 4 is 9.84 Å². The lowest BCUT2D eigenvalue weighted by atomic mass is 10.1. The van der Waals surface area contributed by atoms with Crippen LogP contribution < -0.4 is 0 Å². The number of hydrogen-bond acceptors (Lipinski definition) is 4. The molecule has 0 aliphatic carbocycles. The first-order chi connectivity index (χ1) is 8.37. The van der Waals surface area contributed by atoms with Gasteiger partial charge in [-0.25, -0.2) is 12.8 Å². The lowest BCUT2D eigenvalue weighted by molar-refractivity contribution is 0.0957. The molecule has 100 valence electrons. The maximum Gasteiger partial charge on any atom is 0.154 e. The van der Waals surface area contributed by atoms with Crippen molar-refractivity contribution in [3.05, 3.63) is 35.6 Å². The van der Waals surface area contributed by atoms with Crippen LogP contribution in [0.1, 0.15) is 5.56 Å². The van der Waals surface area contributed by atoms with E-state index in [1.165, 1.54) is 12.1 Å². The molecule has 1 aromatic rings. The minimum absolute atomic E-state index is 0.0417. The monoisotopic (exact) mass is 273 g/mol. The predicted molar refractivity (Wildman–Crippen MR) is 66.3 cm³/mol. The summed E-state index contributed by atoms with van der Waals surface area (Å²) in [5, 5.41) is 9.73. The number of aliphatic hydroxyl groups is 1. The van der Waals surface area contributed by atoms with Crippen LogP contribution in [0.3, 0.4) is 0 Å². The van der Waals surface area contributed by atoms with Crippen LogP contribution in [0.15, 0.2) is 24.3 Å². The second kappa shape index (κ2) is 4.95. The van der Waals surface area contributed by atoms with E-state index >= 15 is 0 Å². The number of aliphatic hydroxyl groups excluding tert-OH is 1. The number of nitrogens with zero attached hydrogens (tertiary/aromatic N) is 1. The highest BCUT2D eigenvalue weighted by Gasteiger charge is 2.38. The summed E-state index contributed by atoms with van der Waals surface area (Å²) >= 11 is 0. The van der Waals surface area contributed by atoms with Gasteiger partial charge in [-0.15, -0.1) is 0 Å². The molecular formula is C12H16FNO3S. The van der Waals surface area contributed by atoms with Crippen molar-refractivity contribution in [3.63, 3.8) is 0 Å².